The number of nitrogens with zero attached hydrogens (tertiary/aromatic N) is 1. The Morgan fingerprint density at radius 1 is 1.35 bits per heavy atom. The van der Waals surface area contributed by atoms with E-state index in [0.717, 1.165) is 0 Å². The lowest BCUT2D eigenvalue weighted by Crippen LogP contribution is -2.47. The summed E-state index contributed by atoms with van der Waals surface area (Å²) in [5.41, 5.74) is -1.11. The van der Waals surface area contributed by atoms with Crippen LogP contribution in [-0.4, -0.2) is 33.3 Å². The van der Waals surface area contributed by atoms with Crippen molar-refractivity contribution in [2.75, 3.05) is 0 Å². The van der Waals surface area contributed by atoms with Crippen molar-refractivity contribution in [1.29, 1.82) is 0 Å². The molecule has 1 amide bonds. The van der Waals surface area contributed by atoms with Gasteiger partial charge >= 0.3 is 12.1 Å². The molecule has 0 radical (unpaired) electrons. The van der Waals surface area contributed by atoms with Crippen LogP contribution in [0.3, 0.4) is 0 Å². The van der Waals surface area contributed by atoms with Gasteiger partial charge < -0.3 is 15.2 Å². The van der Waals surface area contributed by atoms with E-state index >= 15 is 0 Å². The molecule has 1 aromatic heterocycles. The lowest BCUT2D eigenvalue weighted by molar-refractivity contribution is 0.0471. The van der Waals surface area contributed by atoms with E-state index in [2.05, 4.69) is 10.3 Å². The summed E-state index contributed by atoms with van der Waals surface area (Å²) in [4.78, 5) is 26.5. The quantitative estimate of drug-likeness (QED) is 0.892. The number of aromatic nitrogens is 1. The van der Waals surface area contributed by atoms with Crippen molar-refractivity contribution in [3.63, 3.8) is 0 Å². The number of nitrogens with one attached hydrogen (secondary N) is 1. The van der Waals surface area contributed by atoms with Crippen molar-refractivity contribution in [2.45, 2.75) is 52.2 Å². The molecule has 20 heavy (non-hydrogen) atoms. The van der Waals surface area contributed by atoms with Gasteiger partial charge in [0.2, 0.25) is 0 Å². The number of carbonyl (C=O) groups is 2. The third-order valence-corrected chi connectivity index (χ3v) is 3.05. The van der Waals surface area contributed by atoms with Gasteiger partial charge in [0.25, 0.3) is 0 Å². The molecule has 0 atom stereocenters. The van der Waals surface area contributed by atoms with E-state index < -0.39 is 23.2 Å². The first-order chi connectivity index (χ1) is 8.98. The Labute approximate surface area is 122 Å². The number of carboxylic acid groups (broad SMARTS) is 1. The second kappa shape index (κ2) is 5.78. The fourth-order valence-electron chi connectivity index (χ4n) is 1.49. The van der Waals surface area contributed by atoms with Gasteiger partial charge in [0.1, 0.15) is 5.60 Å². The molecule has 2 N–H and O–H groups in total. The number of thiazole rings is 1. The van der Waals surface area contributed by atoms with Crippen LogP contribution in [-0.2, 0) is 11.2 Å². The molecule has 112 valence electrons. The lowest BCUT2D eigenvalue weighted by Gasteiger charge is -2.28. The van der Waals surface area contributed by atoms with Gasteiger partial charge in [-0.25, -0.2) is 14.6 Å². The average Bonchev–Trinajstić information content (AvgIpc) is 2.60. The molecular weight excluding hydrogens is 280 g/mol. The maximum absolute atomic E-state index is 11.7. The topological polar surface area (TPSA) is 88.5 Å². The Balaban J connectivity index is 2.64. The van der Waals surface area contributed by atoms with Gasteiger partial charge in [-0.1, -0.05) is 0 Å². The first kappa shape index (κ1) is 16.4. The monoisotopic (exact) mass is 300 g/mol. The highest BCUT2D eigenvalue weighted by Crippen LogP contribution is 2.18. The molecule has 0 aromatic carbocycles. The number of amides is 1. The molecule has 1 heterocycles. The number of ether oxygens (including phenoxy) is 1. The average molecular weight is 300 g/mol. The molecular formula is C13H20N2O4S. The zero-order valence-corrected chi connectivity index (χ0v) is 13.1. The standard InChI is InChI=1S/C13H20N2O4S/c1-12(2,3)19-11(18)15-13(4,5)6-9-14-8(7-20-9)10(16)17/h7H,6H2,1-5H3,(H,15,18)(H,16,17). The second-order valence-corrected chi connectivity index (χ2v) is 7.06. The molecule has 0 aliphatic heterocycles. The Kier molecular flexibility index (Phi) is 4.75. The highest BCUT2D eigenvalue weighted by molar-refractivity contribution is 7.09. The summed E-state index contributed by atoms with van der Waals surface area (Å²) in [7, 11) is 0. The number of carboxylic acids is 1. The zero-order valence-electron chi connectivity index (χ0n) is 12.3. The van der Waals surface area contributed by atoms with Crippen molar-refractivity contribution in [3.05, 3.63) is 16.1 Å². The van der Waals surface area contributed by atoms with Crippen molar-refractivity contribution in [1.82, 2.24) is 10.3 Å². The number of rotatable bonds is 4. The fraction of sp³-hybridized carbons (Fsp3) is 0.615. The summed E-state index contributed by atoms with van der Waals surface area (Å²) in [5.74, 6) is -1.05. The van der Waals surface area contributed by atoms with Gasteiger partial charge in [0.15, 0.2) is 5.69 Å². The van der Waals surface area contributed by atoms with E-state index in [1.165, 1.54) is 16.7 Å². The zero-order chi connectivity index (χ0) is 15.6. The van der Waals surface area contributed by atoms with Gasteiger partial charge in [-0.05, 0) is 34.6 Å². The molecule has 1 rings (SSSR count). The molecule has 0 spiro atoms. The Morgan fingerprint density at radius 2 is 1.95 bits per heavy atom. The molecule has 0 bridgehead atoms. The minimum absolute atomic E-state index is 0.0260. The van der Waals surface area contributed by atoms with Gasteiger partial charge in [-0.15, -0.1) is 11.3 Å². The van der Waals surface area contributed by atoms with Crippen LogP contribution >= 0.6 is 11.3 Å². The smallest absolute Gasteiger partial charge is 0.408 e. The summed E-state index contributed by atoms with van der Waals surface area (Å²) in [6.45, 7) is 9.04. The summed E-state index contributed by atoms with van der Waals surface area (Å²) in [6.07, 6.45) is -0.0676. The van der Waals surface area contributed by atoms with Gasteiger partial charge in [0, 0.05) is 17.3 Å². The maximum atomic E-state index is 11.7. The van der Waals surface area contributed by atoms with Crippen LogP contribution in [0.25, 0.3) is 0 Å². The van der Waals surface area contributed by atoms with E-state index in [1.54, 1.807) is 20.8 Å². The van der Waals surface area contributed by atoms with Crippen LogP contribution in [0.1, 0.15) is 50.1 Å². The maximum Gasteiger partial charge on any atom is 0.408 e. The number of carbonyl (C=O) groups excluding carboxylic acids is 1. The number of hydrogen-bond donors (Lipinski definition) is 2. The Bertz CT molecular complexity index is 503. The largest absolute Gasteiger partial charge is 0.476 e. The van der Waals surface area contributed by atoms with Gasteiger partial charge in [0.05, 0.1) is 5.01 Å². The third-order valence-electron chi connectivity index (χ3n) is 2.20. The van der Waals surface area contributed by atoms with Crippen LogP contribution < -0.4 is 5.32 Å². The molecule has 0 unspecified atom stereocenters. The van der Waals surface area contributed by atoms with Gasteiger partial charge in [-0.3, -0.25) is 0 Å². The van der Waals surface area contributed by atoms with E-state index in [4.69, 9.17) is 9.84 Å². The van der Waals surface area contributed by atoms with Crippen LogP contribution in [0.2, 0.25) is 0 Å². The first-order valence-electron chi connectivity index (χ1n) is 6.17. The Hall–Kier alpha value is -1.63. The van der Waals surface area contributed by atoms with Crippen molar-refractivity contribution in [3.8, 4) is 0 Å². The van der Waals surface area contributed by atoms with Crippen molar-refractivity contribution in [2.24, 2.45) is 0 Å². The number of alkyl carbamates (subject to hydrolysis) is 1. The molecule has 6 nitrogen and oxygen atoms in total. The minimum Gasteiger partial charge on any atom is -0.476 e. The van der Waals surface area contributed by atoms with E-state index in [0.29, 0.717) is 11.4 Å². The molecule has 0 saturated heterocycles. The lowest BCUT2D eigenvalue weighted by atomic mass is 10.0. The van der Waals surface area contributed by atoms with Crippen LogP contribution in [0.15, 0.2) is 5.38 Å². The van der Waals surface area contributed by atoms with Crippen LogP contribution in [0, 0.1) is 0 Å². The molecule has 7 heteroatoms. The van der Waals surface area contributed by atoms with Crippen LogP contribution in [0.4, 0.5) is 4.79 Å². The highest BCUT2D eigenvalue weighted by atomic mass is 32.1. The third kappa shape index (κ3) is 5.56. The molecule has 0 saturated carbocycles. The highest BCUT2D eigenvalue weighted by Gasteiger charge is 2.26. The number of hydrogen-bond acceptors (Lipinski definition) is 5. The van der Waals surface area contributed by atoms with Crippen molar-refractivity contribution >= 4 is 23.4 Å². The fourth-order valence-corrected chi connectivity index (χ4v) is 2.49. The molecule has 0 fully saturated rings. The Morgan fingerprint density at radius 3 is 2.40 bits per heavy atom. The first-order valence-corrected chi connectivity index (χ1v) is 7.05. The normalized spacial score (nSPS) is 12.1. The van der Waals surface area contributed by atoms with Crippen molar-refractivity contribution < 1.29 is 19.4 Å². The van der Waals surface area contributed by atoms with E-state index in [9.17, 15) is 9.59 Å². The minimum atomic E-state index is -1.05. The summed E-state index contributed by atoms with van der Waals surface area (Å²) in [6, 6.07) is 0. The predicted molar refractivity (Wildman–Crippen MR) is 76.2 cm³/mol. The predicted octanol–water partition coefficient (Wildman–Crippen LogP) is 2.69. The summed E-state index contributed by atoms with van der Waals surface area (Å²) >= 11 is 1.26. The van der Waals surface area contributed by atoms with Crippen LogP contribution in [0.5, 0.6) is 0 Å². The second-order valence-electron chi connectivity index (χ2n) is 6.12. The molecule has 1 aromatic rings. The summed E-state index contributed by atoms with van der Waals surface area (Å²) in [5, 5.41) is 13.7. The van der Waals surface area contributed by atoms with E-state index in [-0.39, 0.29) is 5.69 Å². The summed E-state index contributed by atoms with van der Waals surface area (Å²) < 4.78 is 5.19. The van der Waals surface area contributed by atoms with E-state index in [1.807, 2.05) is 13.8 Å². The molecule has 0 aliphatic carbocycles. The SMILES string of the molecule is CC(C)(Cc1nc(C(=O)O)cs1)NC(=O)OC(C)(C)C. The van der Waals surface area contributed by atoms with Gasteiger partial charge in [-0.2, -0.15) is 0 Å². The number of aromatic carboxylic acids is 1. The molecule has 0 aliphatic rings.